The van der Waals surface area contributed by atoms with E-state index in [0.717, 1.165) is 5.56 Å². The quantitative estimate of drug-likeness (QED) is 0.656. The molecule has 6 nitrogen and oxygen atoms in total. The van der Waals surface area contributed by atoms with E-state index in [0.29, 0.717) is 16.5 Å². The number of rotatable bonds is 8. The van der Waals surface area contributed by atoms with E-state index in [4.69, 9.17) is 21.1 Å². The van der Waals surface area contributed by atoms with Crippen molar-refractivity contribution in [3.63, 3.8) is 0 Å². The van der Waals surface area contributed by atoms with Crippen molar-refractivity contribution in [3.8, 4) is 11.5 Å². The molecule has 2 aromatic rings. The number of amides is 1. The van der Waals surface area contributed by atoms with Gasteiger partial charge in [0.1, 0.15) is 11.5 Å². The number of halogens is 3. The van der Waals surface area contributed by atoms with Crippen LogP contribution >= 0.6 is 11.6 Å². The minimum atomic E-state index is -2.93. The molecule has 150 valence electrons. The lowest BCUT2D eigenvalue weighted by molar-refractivity contribution is -0.153. The van der Waals surface area contributed by atoms with Gasteiger partial charge in [-0.1, -0.05) is 11.6 Å². The van der Waals surface area contributed by atoms with Gasteiger partial charge >= 0.3 is 12.6 Å². The molecule has 2 rings (SSSR count). The van der Waals surface area contributed by atoms with Crippen molar-refractivity contribution in [1.29, 1.82) is 0 Å². The number of ether oxygens (including phenoxy) is 3. The third-order valence-corrected chi connectivity index (χ3v) is 3.72. The second-order valence-corrected chi connectivity index (χ2v) is 6.17. The highest BCUT2D eigenvalue weighted by atomic mass is 35.5. The Kier molecular flexibility index (Phi) is 7.57. The van der Waals surface area contributed by atoms with Crippen molar-refractivity contribution < 1.29 is 32.6 Å². The molecular formula is C19H18ClF2NO5. The fourth-order valence-corrected chi connectivity index (χ4v) is 2.38. The standard InChI is InChI=1S/C19H18ClF2NO5/c1-11-9-13(20)3-8-16(11)27-12(2)18(25)26-10-17(24)23-14-4-6-15(7-5-14)28-19(21)22/h3-9,12,19H,10H2,1-2H3,(H,23,24). The number of hydrogen-bond donors (Lipinski definition) is 1. The van der Waals surface area contributed by atoms with E-state index < -0.39 is 31.2 Å². The van der Waals surface area contributed by atoms with Crippen LogP contribution in [0.5, 0.6) is 11.5 Å². The number of carbonyl (C=O) groups excluding carboxylic acids is 2. The Morgan fingerprint density at radius 3 is 2.39 bits per heavy atom. The zero-order valence-corrected chi connectivity index (χ0v) is 15.8. The highest BCUT2D eigenvalue weighted by Gasteiger charge is 2.19. The third-order valence-electron chi connectivity index (χ3n) is 3.48. The molecule has 1 amide bonds. The van der Waals surface area contributed by atoms with Gasteiger partial charge in [-0.3, -0.25) is 4.79 Å². The molecule has 0 heterocycles. The lowest BCUT2D eigenvalue weighted by atomic mass is 10.2. The van der Waals surface area contributed by atoms with E-state index in [1.54, 1.807) is 25.1 Å². The average Bonchev–Trinajstić information content (AvgIpc) is 2.63. The monoisotopic (exact) mass is 413 g/mol. The predicted molar refractivity (Wildman–Crippen MR) is 98.9 cm³/mol. The molecule has 0 spiro atoms. The van der Waals surface area contributed by atoms with Gasteiger partial charge < -0.3 is 19.5 Å². The minimum absolute atomic E-state index is 0.0390. The van der Waals surface area contributed by atoms with Crippen LogP contribution in [0.1, 0.15) is 12.5 Å². The molecule has 0 saturated carbocycles. The summed E-state index contributed by atoms with van der Waals surface area (Å²) in [6, 6.07) is 10.3. The number of alkyl halides is 2. The Morgan fingerprint density at radius 2 is 1.79 bits per heavy atom. The van der Waals surface area contributed by atoms with Gasteiger partial charge in [-0.05, 0) is 61.9 Å². The van der Waals surface area contributed by atoms with E-state index in [1.807, 2.05) is 0 Å². The van der Waals surface area contributed by atoms with Gasteiger partial charge in [-0.15, -0.1) is 0 Å². The summed E-state index contributed by atoms with van der Waals surface area (Å²) in [5, 5.41) is 3.01. The first-order valence-corrected chi connectivity index (χ1v) is 8.56. The minimum Gasteiger partial charge on any atom is -0.479 e. The summed E-state index contributed by atoms with van der Waals surface area (Å²) in [5.74, 6) is -0.872. The van der Waals surface area contributed by atoms with Gasteiger partial charge in [0, 0.05) is 10.7 Å². The molecule has 0 bridgehead atoms. The second kappa shape index (κ2) is 9.89. The van der Waals surface area contributed by atoms with Crippen molar-refractivity contribution in [2.75, 3.05) is 11.9 Å². The Hall–Kier alpha value is -2.87. The van der Waals surface area contributed by atoms with Crippen LogP contribution in [0.3, 0.4) is 0 Å². The summed E-state index contributed by atoms with van der Waals surface area (Å²) in [5.41, 5.74) is 1.09. The topological polar surface area (TPSA) is 73.9 Å². The number of hydrogen-bond acceptors (Lipinski definition) is 5. The normalized spacial score (nSPS) is 11.6. The molecular weight excluding hydrogens is 396 g/mol. The zero-order valence-electron chi connectivity index (χ0n) is 15.1. The largest absolute Gasteiger partial charge is 0.479 e. The molecule has 1 atom stereocenters. The molecule has 0 fully saturated rings. The fourth-order valence-electron chi connectivity index (χ4n) is 2.15. The maximum atomic E-state index is 12.1. The number of anilines is 1. The van der Waals surface area contributed by atoms with Gasteiger partial charge in [0.05, 0.1) is 0 Å². The molecule has 28 heavy (non-hydrogen) atoms. The zero-order chi connectivity index (χ0) is 20.7. The highest BCUT2D eigenvalue weighted by Crippen LogP contribution is 2.23. The fraction of sp³-hybridized carbons (Fsp3) is 0.263. The Bertz CT molecular complexity index is 830. The summed E-state index contributed by atoms with van der Waals surface area (Å²) < 4.78 is 38.8. The van der Waals surface area contributed by atoms with Gasteiger partial charge in [0.2, 0.25) is 0 Å². The third kappa shape index (κ3) is 6.70. The predicted octanol–water partition coefficient (Wildman–Crippen LogP) is 4.20. The maximum absolute atomic E-state index is 12.1. The summed E-state index contributed by atoms with van der Waals surface area (Å²) in [6.07, 6.45) is -0.932. The van der Waals surface area contributed by atoms with Crippen LogP contribution in [0.4, 0.5) is 14.5 Å². The molecule has 0 saturated heterocycles. The summed E-state index contributed by atoms with van der Waals surface area (Å²) in [4.78, 5) is 23.8. The van der Waals surface area contributed by atoms with E-state index in [1.165, 1.54) is 31.2 Å². The number of benzene rings is 2. The number of esters is 1. The molecule has 0 aliphatic carbocycles. The van der Waals surface area contributed by atoms with E-state index in [-0.39, 0.29) is 5.75 Å². The Morgan fingerprint density at radius 1 is 1.11 bits per heavy atom. The smallest absolute Gasteiger partial charge is 0.387 e. The lowest BCUT2D eigenvalue weighted by Gasteiger charge is -2.15. The van der Waals surface area contributed by atoms with Crippen LogP contribution in [0, 0.1) is 6.92 Å². The van der Waals surface area contributed by atoms with E-state index in [9.17, 15) is 18.4 Å². The van der Waals surface area contributed by atoms with Crippen molar-refractivity contribution in [2.45, 2.75) is 26.6 Å². The van der Waals surface area contributed by atoms with Crippen molar-refractivity contribution in [3.05, 3.63) is 53.1 Å². The number of carbonyl (C=O) groups is 2. The number of nitrogens with one attached hydrogen (secondary N) is 1. The van der Waals surface area contributed by atoms with E-state index >= 15 is 0 Å². The van der Waals surface area contributed by atoms with Crippen LogP contribution in [-0.4, -0.2) is 31.2 Å². The Balaban J connectivity index is 1.80. The van der Waals surface area contributed by atoms with Crippen molar-refractivity contribution >= 4 is 29.2 Å². The second-order valence-electron chi connectivity index (χ2n) is 5.73. The van der Waals surface area contributed by atoms with Crippen molar-refractivity contribution in [1.82, 2.24) is 0 Å². The first-order valence-electron chi connectivity index (χ1n) is 8.19. The molecule has 1 unspecified atom stereocenters. The van der Waals surface area contributed by atoms with Gasteiger partial charge in [-0.2, -0.15) is 8.78 Å². The Labute approximate surface area is 165 Å². The molecule has 1 N–H and O–H groups in total. The SMILES string of the molecule is Cc1cc(Cl)ccc1OC(C)C(=O)OCC(=O)Nc1ccc(OC(F)F)cc1. The molecule has 0 aliphatic heterocycles. The van der Waals surface area contributed by atoms with Gasteiger partial charge in [0.25, 0.3) is 5.91 Å². The van der Waals surface area contributed by atoms with Crippen LogP contribution < -0.4 is 14.8 Å². The van der Waals surface area contributed by atoms with Gasteiger partial charge in [-0.25, -0.2) is 4.79 Å². The first-order chi connectivity index (χ1) is 13.2. The molecule has 0 aliphatic rings. The molecule has 2 aromatic carbocycles. The van der Waals surface area contributed by atoms with Crippen LogP contribution in [0.15, 0.2) is 42.5 Å². The maximum Gasteiger partial charge on any atom is 0.387 e. The molecule has 0 radical (unpaired) electrons. The molecule has 0 aromatic heterocycles. The van der Waals surface area contributed by atoms with E-state index in [2.05, 4.69) is 10.1 Å². The van der Waals surface area contributed by atoms with Gasteiger partial charge in [0.15, 0.2) is 12.7 Å². The lowest BCUT2D eigenvalue weighted by Crippen LogP contribution is -2.30. The number of aryl methyl sites for hydroxylation is 1. The van der Waals surface area contributed by atoms with Crippen molar-refractivity contribution in [2.24, 2.45) is 0 Å². The summed E-state index contributed by atoms with van der Waals surface area (Å²) in [7, 11) is 0. The summed E-state index contributed by atoms with van der Waals surface area (Å²) in [6.45, 7) is -0.178. The average molecular weight is 414 g/mol. The highest BCUT2D eigenvalue weighted by molar-refractivity contribution is 6.30. The molecule has 9 heteroatoms. The van der Waals surface area contributed by atoms with Crippen LogP contribution in [-0.2, 0) is 14.3 Å². The van der Waals surface area contributed by atoms with Crippen LogP contribution in [0.25, 0.3) is 0 Å². The summed E-state index contributed by atoms with van der Waals surface area (Å²) >= 11 is 5.87. The van der Waals surface area contributed by atoms with Crippen LogP contribution in [0.2, 0.25) is 5.02 Å². The first kappa shape index (κ1) is 21.4.